The Balaban J connectivity index is 1.43. The number of aromatic amines is 1. The monoisotopic (exact) mass is 399 g/mol. The van der Waals surface area contributed by atoms with Gasteiger partial charge in [-0.3, -0.25) is 9.89 Å². The molecule has 4 aromatic rings. The van der Waals surface area contributed by atoms with Gasteiger partial charge in [-0.1, -0.05) is 24.3 Å². The molecule has 30 heavy (non-hydrogen) atoms. The molecule has 2 heterocycles. The maximum absolute atomic E-state index is 13.2. The van der Waals surface area contributed by atoms with Crippen LogP contribution in [0.15, 0.2) is 66.9 Å². The van der Waals surface area contributed by atoms with E-state index in [1.165, 1.54) is 0 Å². The molecule has 0 fully saturated rings. The molecule has 6 nitrogen and oxygen atoms in total. The van der Waals surface area contributed by atoms with Crippen molar-refractivity contribution in [2.45, 2.75) is 6.54 Å². The van der Waals surface area contributed by atoms with Crippen LogP contribution in [0.3, 0.4) is 0 Å². The van der Waals surface area contributed by atoms with E-state index in [1.54, 1.807) is 13.3 Å². The summed E-state index contributed by atoms with van der Waals surface area (Å²) in [5.74, 6) is 1.38. The van der Waals surface area contributed by atoms with E-state index in [2.05, 4.69) is 16.3 Å². The van der Waals surface area contributed by atoms with E-state index in [4.69, 9.17) is 9.47 Å². The Hall–Kier alpha value is -3.80. The SMILES string of the molecule is COc1cccc(CN2CCOc3cc(-c4ccc5[nH]ncc5c4)ccc3C2=O)c1. The average molecular weight is 399 g/mol. The summed E-state index contributed by atoms with van der Waals surface area (Å²) in [6, 6.07) is 19.7. The van der Waals surface area contributed by atoms with Crippen molar-refractivity contribution >= 4 is 16.8 Å². The van der Waals surface area contributed by atoms with Crippen LogP contribution in [0.5, 0.6) is 11.5 Å². The van der Waals surface area contributed by atoms with Gasteiger partial charge in [0.15, 0.2) is 0 Å². The fraction of sp³-hybridized carbons (Fsp3) is 0.167. The standard InChI is InChI=1S/C24H21N3O3/c1-29-20-4-2-3-16(11-20)15-27-9-10-30-23-13-18(5-7-21(23)24(27)28)17-6-8-22-19(12-17)14-25-26-22/h2-8,11-14H,9-10,15H2,1H3,(H,25,26). The number of carbonyl (C=O) groups is 1. The molecule has 150 valence electrons. The first-order valence-corrected chi connectivity index (χ1v) is 9.84. The second kappa shape index (κ2) is 7.55. The fourth-order valence-corrected chi connectivity index (χ4v) is 3.80. The minimum Gasteiger partial charge on any atom is -0.497 e. The Labute approximate surface area is 174 Å². The number of rotatable bonds is 4. The van der Waals surface area contributed by atoms with Crippen LogP contribution in [0.1, 0.15) is 15.9 Å². The zero-order valence-corrected chi connectivity index (χ0v) is 16.6. The van der Waals surface area contributed by atoms with Crippen LogP contribution in [0.25, 0.3) is 22.0 Å². The number of amides is 1. The molecule has 0 saturated carbocycles. The second-order valence-electron chi connectivity index (χ2n) is 7.31. The number of methoxy groups -OCH3 is 1. The van der Waals surface area contributed by atoms with Crippen molar-refractivity contribution in [2.75, 3.05) is 20.3 Å². The molecule has 1 amide bonds. The van der Waals surface area contributed by atoms with Crippen LogP contribution >= 0.6 is 0 Å². The van der Waals surface area contributed by atoms with Crippen molar-refractivity contribution in [2.24, 2.45) is 0 Å². The van der Waals surface area contributed by atoms with Crippen molar-refractivity contribution in [3.05, 3.63) is 78.0 Å². The minimum atomic E-state index is -0.0258. The molecule has 1 aliphatic heterocycles. The molecule has 0 radical (unpaired) electrons. The van der Waals surface area contributed by atoms with Gasteiger partial charge in [0.1, 0.15) is 18.1 Å². The Kier molecular flexibility index (Phi) is 4.59. The molecule has 3 aromatic carbocycles. The predicted molar refractivity (Wildman–Crippen MR) is 115 cm³/mol. The first-order chi connectivity index (χ1) is 14.7. The quantitative estimate of drug-likeness (QED) is 0.556. The van der Waals surface area contributed by atoms with Crippen LogP contribution in [0.4, 0.5) is 0 Å². The molecule has 0 unspecified atom stereocenters. The zero-order chi connectivity index (χ0) is 20.5. The number of hydrogen-bond acceptors (Lipinski definition) is 4. The third-order valence-electron chi connectivity index (χ3n) is 5.40. The van der Waals surface area contributed by atoms with E-state index in [0.29, 0.717) is 31.0 Å². The van der Waals surface area contributed by atoms with E-state index >= 15 is 0 Å². The number of nitrogens with zero attached hydrogens (tertiary/aromatic N) is 2. The smallest absolute Gasteiger partial charge is 0.258 e. The summed E-state index contributed by atoms with van der Waals surface area (Å²) in [4.78, 5) is 15.0. The van der Waals surface area contributed by atoms with Gasteiger partial charge in [-0.25, -0.2) is 0 Å². The third kappa shape index (κ3) is 3.37. The van der Waals surface area contributed by atoms with Crippen molar-refractivity contribution < 1.29 is 14.3 Å². The van der Waals surface area contributed by atoms with Gasteiger partial charge >= 0.3 is 0 Å². The lowest BCUT2D eigenvalue weighted by Gasteiger charge is -2.20. The third-order valence-corrected chi connectivity index (χ3v) is 5.40. The number of carbonyl (C=O) groups excluding carboxylic acids is 1. The highest BCUT2D eigenvalue weighted by Crippen LogP contribution is 2.31. The van der Waals surface area contributed by atoms with Gasteiger partial charge in [-0.05, 0) is 53.1 Å². The van der Waals surface area contributed by atoms with Gasteiger partial charge in [0.2, 0.25) is 0 Å². The molecular weight excluding hydrogens is 378 g/mol. The highest BCUT2D eigenvalue weighted by atomic mass is 16.5. The van der Waals surface area contributed by atoms with Gasteiger partial charge in [0, 0.05) is 11.9 Å². The normalized spacial score (nSPS) is 13.6. The largest absolute Gasteiger partial charge is 0.497 e. The minimum absolute atomic E-state index is 0.0258. The van der Waals surface area contributed by atoms with Crippen LogP contribution in [-0.4, -0.2) is 41.3 Å². The summed E-state index contributed by atoms with van der Waals surface area (Å²) in [5, 5.41) is 8.08. The van der Waals surface area contributed by atoms with Crippen LogP contribution < -0.4 is 9.47 Å². The van der Waals surface area contributed by atoms with Gasteiger partial charge in [-0.15, -0.1) is 0 Å². The van der Waals surface area contributed by atoms with E-state index < -0.39 is 0 Å². The molecule has 0 spiro atoms. The summed E-state index contributed by atoms with van der Waals surface area (Å²) < 4.78 is 11.3. The summed E-state index contributed by atoms with van der Waals surface area (Å²) in [7, 11) is 1.64. The lowest BCUT2D eigenvalue weighted by molar-refractivity contribution is 0.0743. The van der Waals surface area contributed by atoms with Crippen LogP contribution in [0, 0.1) is 0 Å². The van der Waals surface area contributed by atoms with Crippen molar-refractivity contribution in [1.29, 1.82) is 0 Å². The Bertz CT molecular complexity index is 1230. The molecule has 1 aromatic heterocycles. The van der Waals surface area contributed by atoms with E-state index in [9.17, 15) is 4.79 Å². The summed E-state index contributed by atoms with van der Waals surface area (Å²) in [5.41, 5.74) is 4.67. The van der Waals surface area contributed by atoms with Crippen molar-refractivity contribution in [3.63, 3.8) is 0 Å². The van der Waals surface area contributed by atoms with Crippen molar-refractivity contribution in [1.82, 2.24) is 15.1 Å². The highest BCUT2D eigenvalue weighted by molar-refractivity contribution is 5.98. The number of ether oxygens (including phenoxy) is 2. The second-order valence-corrected chi connectivity index (χ2v) is 7.31. The predicted octanol–water partition coefficient (Wildman–Crippen LogP) is 4.27. The Morgan fingerprint density at radius 2 is 1.97 bits per heavy atom. The number of aromatic nitrogens is 2. The lowest BCUT2D eigenvalue weighted by atomic mass is 10.0. The molecule has 1 aliphatic rings. The van der Waals surface area contributed by atoms with Gasteiger partial charge in [0.05, 0.1) is 30.9 Å². The molecule has 0 aliphatic carbocycles. The molecule has 0 saturated heterocycles. The first kappa shape index (κ1) is 18.2. The fourth-order valence-electron chi connectivity index (χ4n) is 3.80. The highest BCUT2D eigenvalue weighted by Gasteiger charge is 2.24. The van der Waals surface area contributed by atoms with E-state index in [0.717, 1.165) is 33.3 Å². The van der Waals surface area contributed by atoms with Crippen LogP contribution in [0.2, 0.25) is 0 Å². The van der Waals surface area contributed by atoms with Crippen LogP contribution in [-0.2, 0) is 6.54 Å². The number of H-pyrrole nitrogens is 1. The molecule has 0 bridgehead atoms. The summed E-state index contributed by atoms with van der Waals surface area (Å²) in [6.45, 7) is 1.49. The number of nitrogens with one attached hydrogen (secondary N) is 1. The molecule has 1 N–H and O–H groups in total. The number of hydrogen-bond donors (Lipinski definition) is 1. The molecular formula is C24H21N3O3. The van der Waals surface area contributed by atoms with Gasteiger partial charge < -0.3 is 14.4 Å². The van der Waals surface area contributed by atoms with Crippen molar-refractivity contribution in [3.8, 4) is 22.6 Å². The maximum Gasteiger partial charge on any atom is 0.258 e. The van der Waals surface area contributed by atoms with E-state index in [-0.39, 0.29) is 5.91 Å². The molecule has 0 atom stereocenters. The topological polar surface area (TPSA) is 67.5 Å². The molecule has 6 heteroatoms. The average Bonchev–Trinajstić information content (AvgIpc) is 3.20. The number of benzene rings is 3. The number of fused-ring (bicyclic) bond motifs is 2. The summed E-state index contributed by atoms with van der Waals surface area (Å²) >= 11 is 0. The van der Waals surface area contributed by atoms with Gasteiger partial charge in [0.25, 0.3) is 5.91 Å². The maximum atomic E-state index is 13.2. The Morgan fingerprint density at radius 3 is 2.87 bits per heavy atom. The summed E-state index contributed by atoms with van der Waals surface area (Å²) in [6.07, 6.45) is 1.80. The molecule has 5 rings (SSSR count). The zero-order valence-electron chi connectivity index (χ0n) is 16.6. The van der Waals surface area contributed by atoms with E-state index in [1.807, 2.05) is 59.5 Å². The van der Waals surface area contributed by atoms with Gasteiger partial charge in [-0.2, -0.15) is 5.10 Å². The lowest BCUT2D eigenvalue weighted by Crippen LogP contribution is -2.31. The Morgan fingerprint density at radius 1 is 1.10 bits per heavy atom. The first-order valence-electron chi connectivity index (χ1n) is 9.84.